The predicted octanol–water partition coefficient (Wildman–Crippen LogP) is 2.63. The Labute approximate surface area is 108 Å². The molecule has 0 aliphatic rings. The Kier molecular flexibility index (Phi) is 6.55. The fourth-order valence-electron chi connectivity index (χ4n) is 1.52. The smallest absolute Gasteiger partial charge is 0.337 e. The Balaban J connectivity index is 0.00000137. The van der Waals surface area contributed by atoms with Gasteiger partial charge in [-0.05, 0) is 37.1 Å². The minimum Gasteiger partial charge on any atom is -0.467 e. The molecular weight excluding hydrogens is 235 g/mol. The summed E-state index contributed by atoms with van der Waals surface area (Å²) in [6.07, 6.45) is 0.103. The van der Waals surface area contributed by atoms with Crippen LogP contribution in [0.1, 0.15) is 31.9 Å². The van der Waals surface area contributed by atoms with Crippen molar-refractivity contribution in [2.75, 3.05) is 7.11 Å². The van der Waals surface area contributed by atoms with Gasteiger partial charge in [-0.25, -0.2) is 9.18 Å². The van der Waals surface area contributed by atoms with Crippen molar-refractivity contribution >= 4 is 5.97 Å². The van der Waals surface area contributed by atoms with Gasteiger partial charge in [0.25, 0.3) is 0 Å². The van der Waals surface area contributed by atoms with E-state index in [9.17, 15) is 14.3 Å². The van der Waals surface area contributed by atoms with Crippen LogP contribution in [-0.2, 0) is 16.0 Å². The number of hydrogen-bond acceptors (Lipinski definition) is 3. The number of hydrogen-bond donors (Lipinski definition) is 1. The highest BCUT2D eigenvalue weighted by Crippen LogP contribution is 2.18. The molecule has 0 heterocycles. The van der Waals surface area contributed by atoms with Gasteiger partial charge in [-0.1, -0.05) is 19.9 Å². The lowest BCUT2D eigenvalue weighted by atomic mass is 9.94. The second-order valence-electron chi connectivity index (χ2n) is 4.01. The first-order valence-corrected chi connectivity index (χ1v) is 5.92. The van der Waals surface area contributed by atoms with Crippen LogP contribution in [0.25, 0.3) is 0 Å². The minimum atomic E-state index is -1.59. The summed E-state index contributed by atoms with van der Waals surface area (Å²) in [4.78, 5) is 11.3. The van der Waals surface area contributed by atoms with Crippen LogP contribution in [0.15, 0.2) is 18.2 Å². The summed E-state index contributed by atoms with van der Waals surface area (Å²) >= 11 is 0. The van der Waals surface area contributed by atoms with E-state index in [4.69, 9.17) is 0 Å². The molecule has 0 aromatic heterocycles. The fraction of sp³-hybridized carbons (Fsp3) is 0.500. The van der Waals surface area contributed by atoms with E-state index >= 15 is 0 Å². The highest BCUT2D eigenvalue weighted by atomic mass is 19.1. The average molecular weight is 256 g/mol. The molecule has 1 aromatic carbocycles. The molecule has 1 atom stereocenters. The van der Waals surface area contributed by atoms with Gasteiger partial charge in [0.05, 0.1) is 7.11 Å². The highest BCUT2D eigenvalue weighted by Gasteiger charge is 2.32. The molecule has 3 nitrogen and oxygen atoms in total. The molecule has 0 spiro atoms. The highest BCUT2D eigenvalue weighted by molar-refractivity contribution is 5.79. The standard InChI is InChI=1S/C12H15FO3.C2H6/c1-8-6-10(13)5-4-9(8)7-12(2,15)11(14)16-3;1-2/h4-6,15H,7H2,1-3H3;1-2H3. The summed E-state index contributed by atoms with van der Waals surface area (Å²) in [6.45, 7) is 7.10. The number of halogens is 1. The lowest BCUT2D eigenvalue weighted by molar-refractivity contribution is -0.160. The second kappa shape index (κ2) is 7.11. The molecule has 1 unspecified atom stereocenters. The zero-order valence-corrected chi connectivity index (χ0v) is 11.6. The third-order valence-corrected chi connectivity index (χ3v) is 2.46. The van der Waals surface area contributed by atoms with Gasteiger partial charge in [-0.15, -0.1) is 0 Å². The van der Waals surface area contributed by atoms with Gasteiger partial charge < -0.3 is 9.84 Å². The molecule has 102 valence electrons. The molecule has 0 saturated heterocycles. The quantitative estimate of drug-likeness (QED) is 0.846. The van der Waals surface area contributed by atoms with E-state index in [0.717, 1.165) is 5.56 Å². The first-order chi connectivity index (χ1) is 8.36. The van der Waals surface area contributed by atoms with Gasteiger partial charge in [-0.2, -0.15) is 0 Å². The number of benzene rings is 1. The van der Waals surface area contributed by atoms with Crippen molar-refractivity contribution < 1.29 is 19.0 Å². The van der Waals surface area contributed by atoms with Crippen LogP contribution in [0.2, 0.25) is 0 Å². The first kappa shape index (κ1) is 16.6. The van der Waals surface area contributed by atoms with Crippen LogP contribution in [0.5, 0.6) is 0 Å². The zero-order valence-electron chi connectivity index (χ0n) is 11.6. The number of carbonyl (C=O) groups is 1. The normalized spacial score (nSPS) is 13.1. The SMILES string of the molecule is CC.COC(=O)C(C)(O)Cc1ccc(F)cc1C. The third-order valence-electron chi connectivity index (χ3n) is 2.46. The molecule has 0 amide bonds. The Morgan fingerprint density at radius 1 is 1.44 bits per heavy atom. The van der Waals surface area contributed by atoms with Crippen LogP contribution >= 0.6 is 0 Å². The maximum Gasteiger partial charge on any atom is 0.337 e. The average Bonchev–Trinajstić information content (AvgIpc) is 2.34. The van der Waals surface area contributed by atoms with E-state index in [1.807, 2.05) is 13.8 Å². The Bertz CT molecular complexity index is 400. The van der Waals surface area contributed by atoms with Gasteiger partial charge in [0.1, 0.15) is 5.82 Å². The summed E-state index contributed by atoms with van der Waals surface area (Å²) in [5.41, 5.74) is -0.168. The molecule has 1 N–H and O–H groups in total. The van der Waals surface area contributed by atoms with Gasteiger partial charge in [-0.3, -0.25) is 0 Å². The largest absolute Gasteiger partial charge is 0.467 e. The Morgan fingerprint density at radius 3 is 2.44 bits per heavy atom. The topological polar surface area (TPSA) is 46.5 Å². The minimum absolute atomic E-state index is 0.103. The fourth-order valence-corrected chi connectivity index (χ4v) is 1.52. The van der Waals surface area contributed by atoms with Crippen molar-refractivity contribution in [3.63, 3.8) is 0 Å². The number of aryl methyl sites for hydroxylation is 1. The molecule has 0 bridgehead atoms. The van der Waals surface area contributed by atoms with Crippen LogP contribution in [-0.4, -0.2) is 23.8 Å². The lowest BCUT2D eigenvalue weighted by Gasteiger charge is -2.21. The summed E-state index contributed by atoms with van der Waals surface area (Å²) in [5.74, 6) is -1.03. The molecule has 0 saturated carbocycles. The first-order valence-electron chi connectivity index (χ1n) is 5.92. The van der Waals surface area contributed by atoms with E-state index in [-0.39, 0.29) is 12.2 Å². The number of carbonyl (C=O) groups excluding carboxylic acids is 1. The van der Waals surface area contributed by atoms with Gasteiger partial charge in [0.2, 0.25) is 0 Å². The Hall–Kier alpha value is -1.42. The molecular formula is C14H21FO3. The molecule has 0 aliphatic carbocycles. The molecule has 18 heavy (non-hydrogen) atoms. The van der Waals surface area contributed by atoms with Gasteiger partial charge >= 0.3 is 5.97 Å². The lowest BCUT2D eigenvalue weighted by Crippen LogP contribution is -2.38. The predicted molar refractivity (Wildman–Crippen MR) is 68.8 cm³/mol. The number of methoxy groups -OCH3 is 1. The summed E-state index contributed by atoms with van der Waals surface area (Å²) in [7, 11) is 1.22. The van der Waals surface area contributed by atoms with E-state index in [1.54, 1.807) is 13.0 Å². The van der Waals surface area contributed by atoms with Crippen molar-refractivity contribution in [1.82, 2.24) is 0 Å². The monoisotopic (exact) mass is 256 g/mol. The molecule has 1 rings (SSSR count). The maximum atomic E-state index is 12.9. The van der Waals surface area contributed by atoms with E-state index in [2.05, 4.69) is 4.74 Å². The van der Waals surface area contributed by atoms with Crippen LogP contribution in [0.3, 0.4) is 0 Å². The molecule has 0 fully saturated rings. The summed E-state index contributed by atoms with van der Waals surface area (Å²) in [5, 5.41) is 9.86. The number of ether oxygens (including phenoxy) is 1. The molecule has 0 radical (unpaired) electrons. The summed E-state index contributed by atoms with van der Waals surface area (Å²) < 4.78 is 17.3. The van der Waals surface area contributed by atoms with Crippen molar-refractivity contribution in [2.24, 2.45) is 0 Å². The number of rotatable bonds is 3. The van der Waals surface area contributed by atoms with Crippen molar-refractivity contribution in [3.8, 4) is 0 Å². The van der Waals surface area contributed by atoms with E-state index < -0.39 is 11.6 Å². The second-order valence-corrected chi connectivity index (χ2v) is 4.01. The van der Waals surface area contributed by atoms with E-state index in [0.29, 0.717) is 5.56 Å². The van der Waals surface area contributed by atoms with Gasteiger partial charge in [0, 0.05) is 6.42 Å². The molecule has 1 aromatic rings. The van der Waals surface area contributed by atoms with Crippen LogP contribution in [0, 0.1) is 12.7 Å². The van der Waals surface area contributed by atoms with Crippen LogP contribution < -0.4 is 0 Å². The number of esters is 1. The molecule has 0 aliphatic heterocycles. The summed E-state index contributed by atoms with van der Waals surface area (Å²) in [6, 6.07) is 4.22. The molecule has 4 heteroatoms. The maximum absolute atomic E-state index is 12.9. The van der Waals surface area contributed by atoms with Crippen molar-refractivity contribution in [1.29, 1.82) is 0 Å². The van der Waals surface area contributed by atoms with Crippen molar-refractivity contribution in [3.05, 3.63) is 35.1 Å². The van der Waals surface area contributed by atoms with Gasteiger partial charge in [0.15, 0.2) is 5.60 Å². The van der Waals surface area contributed by atoms with Crippen molar-refractivity contribution in [2.45, 2.75) is 39.7 Å². The Morgan fingerprint density at radius 2 is 2.00 bits per heavy atom. The number of aliphatic hydroxyl groups is 1. The van der Waals surface area contributed by atoms with Crippen LogP contribution in [0.4, 0.5) is 4.39 Å². The third kappa shape index (κ3) is 4.45. The zero-order chi connectivity index (χ0) is 14.3. The van der Waals surface area contributed by atoms with E-state index in [1.165, 1.54) is 26.2 Å².